The van der Waals surface area contributed by atoms with Crippen LogP contribution in [-0.2, 0) is 16.2 Å². The van der Waals surface area contributed by atoms with Gasteiger partial charge in [-0.1, -0.05) is 66.3 Å². The smallest absolute Gasteiger partial charge is 0.359 e. The minimum Gasteiger partial charge on any atom is -0.461 e. The lowest BCUT2D eigenvalue weighted by molar-refractivity contribution is 0.0520. The van der Waals surface area contributed by atoms with Gasteiger partial charge in [0.2, 0.25) is 0 Å². The van der Waals surface area contributed by atoms with Crippen LogP contribution >= 0.6 is 22.7 Å². The second-order valence-corrected chi connectivity index (χ2v) is 19.0. The van der Waals surface area contributed by atoms with Crippen LogP contribution in [0.25, 0.3) is 10.2 Å². The van der Waals surface area contributed by atoms with E-state index in [4.69, 9.17) is 19.6 Å². The largest absolute Gasteiger partial charge is 0.461 e. The maximum atomic E-state index is 12.5. The van der Waals surface area contributed by atoms with Crippen LogP contribution in [0.1, 0.15) is 46.6 Å². The second-order valence-electron chi connectivity index (χ2n) is 11.4. The van der Waals surface area contributed by atoms with Gasteiger partial charge in [0.05, 0.1) is 16.8 Å². The number of aromatic nitrogens is 4. The standard InChI is InChI=1S/C30H36N6O4S2Si/c1-6-40-28(38)26-24(12-9-15-37)42-29(31-26)35(2)25-18-21(20-13-14-20)27(34-33-25)32-30-36(19-39-16-17-43(3,4)5)22-10-7-8-11-23(22)41-30/h7-8,10-11,18,20,37H,6,13-17,19H2,1-5H3. The molecule has 10 nitrogen and oxygen atoms in total. The first-order valence-corrected chi connectivity index (χ1v) is 19.6. The molecular weight excluding hydrogens is 601 g/mol. The van der Waals surface area contributed by atoms with Crippen molar-refractivity contribution in [1.82, 2.24) is 19.7 Å². The van der Waals surface area contributed by atoms with E-state index in [-0.39, 0.29) is 18.9 Å². The number of esters is 1. The fraction of sp³-hybridized carbons (Fsp3) is 0.433. The molecule has 0 radical (unpaired) electrons. The van der Waals surface area contributed by atoms with Crippen LogP contribution in [0, 0.1) is 11.8 Å². The number of aliphatic hydroxyl groups excluding tert-OH is 1. The number of benzene rings is 1. The lowest BCUT2D eigenvalue weighted by Crippen LogP contribution is -2.23. The number of aliphatic hydroxyl groups is 1. The Kier molecular flexibility index (Phi) is 9.73. The van der Waals surface area contributed by atoms with Crippen LogP contribution in [0.4, 0.5) is 16.8 Å². The Morgan fingerprint density at radius 3 is 2.74 bits per heavy atom. The molecule has 13 heteroatoms. The fourth-order valence-corrected chi connectivity index (χ4v) is 6.96. The number of hydrogen-bond acceptors (Lipinski definition) is 11. The number of thiazole rings is 2. The van der Waals surface area contributed by atoms with Crippen LogP contribution in [0.2, 0.25) is 25.7 Å². The van der Waals surface area contributed by atoms with E-state index in [1.807, 2.05) is 25.2 Å². The van der Waals surface area contributed by atoms with Gasteiger partial charge in [0.1, 0.15) is 18.2 Å². The first kappa shape index (κ1) is 31.0. The molecule has 1 aliphatic rings. The number of nitrogens with zero attached hydrogens (tertiary/aromatic N) is 6. The van der Waals surface area contributed by atoms with E-state index in [2.05, 4.69) is 63.4 Å². The zero-order valence-electron chi connectivity index (χ0n) is 25.1. The Labute approximate surface area is 260 Å². The van der Waals surface area contributed by atoms with E-state index in [1.54, 1.807) is 23.2 Å². The monoisotopic (exact) mass is 636 g/mol. The Hall–Kier alpha value is -3.41. The molecule has 1 fully saturated rings. The van der Waals surface area contributed by atoms with Gasteiger partial charge in [-0.25, -0.2) is 9.78 Å². The Bertz CT molecular complexity index is 1740. The van der Waals surface area contributed by atoms with E-state index in [1.165, 1.54) is 11.3 Å². The van der Waals surface area contributed by atoms with Crippen molar-refractivity contribution in [2.45, 2.75) is 58.1 Å². The van der Waals surface area contributed by atoms with Gasteiger partial charge in [-0.15, -0.1) is 10.2 Å². The number of hydrogen-bond donors (Lipinski definition) is 1. The quantitative estimate of drug-likeness (QED) is 0.0971. The highest BCUT2D eigenvalue weighted by molar-refractivity contribution is 7.16. The van der Waals surface area contributed by atoms with Gasteiger partial charge in [-0.2, -0.15) is 4.99 Å². The summed E-state index contributed by atoms with van der Waals surface area (Å²) in [5.74, 6) is 6.40. The van der Waals surface area contributed by atoms with Crippen LogP contribution in [0.3, 0.4) is 0 Å². The molecule has 4 aromatic rings. The molecule has 226 valence electrons. The highest BCUT2D eigenvalue weighted by Gasteiger charge is 2.29. The first-order valence-electron chi connectivity index (χ1n) is 14.3. The molecule has 0 amide bonds. The van der Waals surface area contributed by atoms with Gasteiger partial charge in [0, 0.05) is 27.3 Å². The fourth-order valence-electron chi connectivity index (χ4n) is 4.28. The summed E-state index contributed by atoms with van der Waals surface area (Å²) < 4.78 is 14.5. The highest BCUT2D eigenvalue weighted by Crippen LogP contribution is 2.44. The molecule has 0 spiro atoms. The molecular formula is C30H36N6O4S2Si. The molecule has 0 unspecified atom stereocenters. The molecule has 1 aliphatic carbocycles. The summed E-state index contributed by atoms with van der Waals surface area (Å²) >= 11 is 2.85. The molecule has 1 saturated carbocycles. The molecule has 1 N–H and O–H groups in total. The Morgan fingerprint density at radius 1 is 1.23 bits per heavy atom. The third-order valence-corrected chi connectivity index (χ3v) is 10.6. The normalized spacial score (nSPS) is 13.7. The third-order valence-electron chi connectivity index (χ3n) is 6.81. The van der Waals surface area contributed by atoms with E-state index >= 15 is 0 Å². The Morgan fingerprint density at radius 2 is 2.02 bits per heavy atom. The summed E-state index contributed by atoms with van der Waals surface area (Å²) in [5.41, 5.74) is 2.24. The van der Waals surface area contributed by atoms with Gasteiger partial charge in [-0.3, -0.25) is 4.57 Å². The van der Waals surface area contributed by atoms with Gasteiger partial charge < -0.3 is 19.5 Å². The van der Waals surface area contributed by atoms with Crippen molar-refractivity contribution in [2.24, 2.45) is 4.99 Å². The van der Waals surface area contributed by atoms with Crippen molar-refractivity contribution in [3.8, 4) is 11.8 Å². The average molecular weight is 637 g/mol. The average Bonchev–Trinajstić information content (AvgIpc) is 3.64. The maximum Gasteiger partial charge on any atom is 0.359 e. The molecule has 1 aromatic carbocycles. The lowest BCUT2D eigenvalue weighted by Gasteiger charge is -2.16. The highest BCUT2D eigenvalue weighted by atomic mass is 32.1. The topological polar surface area (TPSA) is 115 Å². The third kappa shape index (κ3) is 7.57. The zero-order valence-corrected chi connectivity index (χ0v) is 27.7. The van der Waals surface area contributed by atoms with E-state index in [0.717, 1.165) is 46.1 Å². The molecule has 0 atom stereocenters. The minimum absolute atomic E-state index is 0.123. The van der Waals surface area contributed by atoms with Crippen LogP contribution < -0.4 is 9.70 Å². The van der Waals surface area contributed by atoms with E-state index in [0.29, 0.717) is 34.3 Å². The molecule has 0 aliphatic heterocycles. The molecule has 0 bridgehead atoms. The Balaban J connectivity index is 1.49. The predicted octanol–water partition coefficient (Wildman–Crippen LogP) is 5.66. The van der Waals surface area contributed by atoms with E-state index < -0.39 is 14.0 Å². The van der Waals surface area contributed by atoms with Gasteiger partial charge in [-0.05, 0) is 49.9 Å². The SMILES string of the molecule is CCOC(=O)c1nc(N(C)c2cc(C3CC3)c(N=c3sc4ccccc4n3COCC[Si](C)(C)C)nn2)sc1C#CCO. The number of anilines is 2. The molecule has 3 heterocycles. The van der Waals surface area contributed by atoms with Crippen molar-refractivity contribution in [2.75, 3.05) is 31.8 Å². The number of ether oxygens (including phenoxy) is 2. The van der Waals surface area contributed by atoms with Gasteiger partial charge >= 0.3 is 5.97 Å². The first-order chi connectivity index (χ1) is 20.7. The van der Waals surface area contributed by atoms with Crippen molar-refractivity contribution >= 4 is 63.7 Å². The van der Waals surface area contributed by atoms with Gasteiger partial charge in [0.15, 0.2) is 27.3 Å². The van der Waals surface area contributed by atoms with E-state index in [9.17, 15) is 4.79 Å². The van der Waals surface area contributed by atoms with Crippen LogP contribution in [-0.4, -0.2) is 65.8 Å². The zero-order chi connectivity index (χ0) is 30.6. The number of para-hydroxylation sites is 1. The van der Waals surface area contributed by atoms with Crippen molar-refractivity contribution in [3.63, 3.8) is 0 Å². The maximum absolute atomic E-state index is 12.5. The number of rotatable bonds is 11. The number of fused-ring (bicyclic) bond motifs is 1. The molecule has 43 heavy (non-hydrogen) atoms. The van der Waals surface area contributed by atoms with Crippen LogP contribution in [0.5, 0.6) is 0 Å². The van der Waals surface area contributed by atoms with Crippen molar-refractivity contribution in [1.29, 1.82) is 0 Å². The van der Waals surface area contributed by atoms with Crippen molar-refractivity contribution < 1.29 is 19.4 Å². The lowest BCUT2D eigenvalue weighted by atomic mass is 10.2. The molecule has 3 aromatic heterocycles. The summed E-state index contributed by atoms with van der Waals surface area (Å²) in [4.78, 5) is 25.1. The summed E-state index contributed by atoms with van der Waals surface area (Å²) in [6.07, 6.45) is 2.13. The second kappa shape index (κ2) is 13.5. The summed E-state index contributed by atoms with van der Waals surface area (Å²) in [6, 6.07) is 11.4. The van der Waals surface area contributed by atoms with Gasteiger partial charge in [0.25, 0.3) is 0 Å². The molecule has 5 rings (SSSR count). The minimum atomic E-state index is -1.20. The van der Waals surface area contributed by atoms with Crippen molar-refractivity contribution in [3.05, 3.63) is 51.3 Å². The summed E-state index contributed by atoms with van der Waals surface area (Å²) in [6.45, 7) is 9.83. The predicted molar refractivity (Wildman–Crippen MR) is 173 cm³/mol. The molecule has 0 saturated heterocycles. The number of carbonyl (C=O) groups excluding carboxylic acids is 1. The van der Waals surface area contributed by atoms with Crippen LogP contribution in [0.15, 0.2) is 35.3 Å². The number of carbonyl (C=O) groups is 1. The summed E-state index contributed by atoms with van der Waals surface area (Å²) in [5, 5.41) is 18.8. The summed E-state index contributed by atoms with van der Waals surface area (Å²) in [7, 11) is 0.627.